The van der Waals surface area contributed by atoms with E-state index in [9.17, 15) is 14.4 Å². The van der Waals surface area contributed by atoms with Gasteiger partial charge in [-0.15, -0.1) is 0 Å². The molecule has 0 aliphatic heterocycles. The minimum absolute atomic E-state index is 0.0534. The number of ketones is 1. The van der Waals surface area contributed by atoms with E-state index in [1.54, 1.807) is 36.4 Å². The quantitative estimate of drug-likeness (QED) is 0.109. The first-order chi connectivity index (χ1) is 20.4. The van der Waals surface area contributed by atoms with Crippen LogP contribution in [-0.2, 0) is 27.2 Å². The Bertz CT molecular complexity index is 1490. The highest BCUT2D eigenvalue weighted by molar-refractivity contribution is 6.30. The van der Waals surface area contributed by atoms with Crippen molar-refractivity contribution >= 4 is 34.9 Å². The number of ether oxygens (including phenoxy) is 2. The first-order valence-corrected chi connectivity index (χ1v) is 14.1. The van der Waals surface area contributed by atoms with Crippen LogP contribution in [0.3, 0.4) is 0 Å². The van der Waals surface area contributed by atoms with Crippen LogP contribution in [0.2, 0.25) is 5.02 Å². The van der Waals surface area contributed by atoms with Crippen LogP contribution < -0.4 is 15.4 Å². The zero-order valence-electron chi connectivity index (χ0n) is 23.3. The van der Waals surface area contributed by atoms with Gasteiger partial charge in [-0.3, -0.25) is 9.59 Å². The maximum Gasteiger partial charge on any atom is 0.328 e. The summed E-state index contributed by atoms with van der Waals surface area (Å²) >= 11 is 5.99. The molecular formula is C34H33ClN2O5. The van der Waals surface area contributed by atoms with Crippen LogP contribution in [0.15, 0.2) is 103 Å². The fraction of sp³-hybridized carbons (Fsp3) is 0.206. The molecule has 7 nitrogen and oxygen atoms in total. The molecule has 0 aromatic heterocycles. The molecule has 42 heavy (non-hydrogen) atoms. The van der Waals surface area contributed by atoms with Gasteiger partial charge in [-0.25, -0.2) is 4.79 Å². The maximum atomic E-state index is 13.1. The molecule has 0 aliphatic carbocycles. The second-order valence-electron chi connectivity index (χ2n) is 9.64. The lowest BCUT2D eigenvalue weighted by Crippen LogP contribution is -2.33. The smallest absolute Gasteiger partial charge is 0.328 e. The molecule has 0 saturated heterocycles. The normalized spacial score (nSPS) is 11.3. The van der Waals surface area contributed by atoms with Gasteiger partial charge in [0.05, 0.1) is 13.7 Å². The van der Waals surface area contributed by atoms with E-state index in [2.05, 4.69) is 10.6 Å². The third-order valence-corrected chi connectivity index (χ3v) is 6.84. The van der Waals surface area contributed by atoms with Crippen molar-refractivity contribution < 1.29 is 23.9 Å². The van der Waals surface area contributed by atoms with Crippen molar-refractivity contribution in [2.24, 2.45) is 0 Å². The maximum absolute atomic E-state index is 13.1. The summed E-state index contributed by atoms with van der Waals surface area (Å²) in [5.41, 5.74) is 3.48. The number of hydrogen-bond acceptors (Lipinski definition) is 6. The highest BCUT2D eigenvalue weighted by Gasteiger charge is 2.22. The molecule has 1 amide bonds. The lowest BCUT2D eigenvalue weighted by Gasteiger charge is -2.20. The molecule has 0 spiro atoms. The van der Waals surface area contributed by atoms with Crippen molar-refractivity contribution in [3.63, 3.8) is 0 Å². The van der Waals surface area contributed by atoms with E-state index in [4.69, 9.17) is 21.1 Å². The van der Waals surface area contributed by atoms with Crippen LogP contribution in [0.4, 0.5) is 5.69 Å². The minimum atomic E-state index is -0.714. The van der Waals surface area contributed by atoms with Crippen molar-refractivity contribution in [3.05, 3.63) is 130 Å². The number of nitrogens with one attached hydrogen (secondary N) is 2. The third kappa shape index (κ3) is 8.94. The van der Waals surface area contributed by atoms with E-state index in [0.29, 0.717) is 60.0 Å². The van der Waals surface area contributed by atoms with Crippen LogP contribution in [0.25, 0.3) is 0 Å². The highest BCUT2D eigenvalue weighted by atomic mass is 35.5. The van der Waals surface area contributed by atoms with Gasteiger partial charge < -0.3 is 20.1 Å². The molecule has 0 bridgehead atoms. The summed E-state index contributed by atoms with van der Waals surface area (Å²) in [7, 11) is 1.34. The second-order valence-corrected chi connectivity index (χ2v) is 10.1. The summed E-state index contributed by atoms with van der Waals surface area (Å²) in [6.07, 6.45) is 1.32. The predicted octanol–water partition coefficient (Wildman–Crippen LogP) is 5.90. The van der Waals surface area contributed by atoms with E-state index in [1.807, 2.05) is 66.7 Å². The van der Waals surface area contributed by atoms with Crippen molar-refractivity contribution in [2.45, 2.75) is 25.3 Å². The van der Waals surface area contributed by atoms with Crippen molar-refractivity contribution in [3.8, 4) is 5.75 Å². The molecule has 0 unspecified atom stereocenters. The van der Waals surface area contributed by atoms with Crippen molar-refractivity contribution in [1.29, 1.82) is 0 Å². The second kappa shape index (κ2) is 15.4. The number of halogens is 1. The van der Waals surface area contributed by atoms with Crippen molar-refractivity contribution in [1.82, 2.24) is 5.32 Å². The summed E-state index contributed by atoms with van der Waals surface area (Å²) in [6, 6.07) is 30.3. The molecule has 4 rings (SSSR count). The van der Waals surface area contributed by atoms with Crippen LogP contribution >= 0.6 is 11.6 Å². The topological polar surface area (TPSA) is 93.7 Å². The molecule has 216 valence electrons. The summed E-state index contributed by atoms with van der Waals surface area (Å²) in [4.78, 5) is 37.9. The average molecular weight is 585 g/mol. The lowest BCUT2D eigenvalue weighted by molar-refractivity contribution is -0.141. The summed E-state index contributed by atoms with van der Waals surface area (Å²) < 4.78 is 10.8. The molecule has 0 aliphatic rings. The molecular weight excluding hydrogens is 552 g/mol. The van der Waals surface area contributed by atoms with Crippen LogP contribution in [0.5, 0.6) is 5.75 Å². The number of carbonyl (C=O) groups excluding carboxylic acids is 3. The van der Waals surface area contributed by atoms with E-state index in [1.165, 1.54) is 7.11 Å². The number of rotatable bonds is 14. The Kier molecular flexibility index (Phi) is 11.1. The fourth-order valence-corrected chi connectivity index (χ4v) is 4.64. The van der Waals surface area contributed by atoms with Crippen LogP contribution in [0.1, 0.15) is 33.5 Å². The molecule has 0 radical (unpaired) electrons. The molecule has 4 aromatic rings. The van der Waals surface area contributed by atoms with Gasteiger partial charge in [0.25, 0.3) is 0 Å². The number of methoxy groups -OCH3 is 1. The Morgan fingerprint density at radius 1 is 0.833 bits per heavy atom. The van der Waals surface area contributed by atoms with Crippen LogP contribution in [0, 0.1) is 0 Å². The van der Waals surface area contributed by atoms with Gasteiger partial charge >= 0.3 is 5.97 Å². The molecule has 0 heterocycles. The number of hydrogen-bond donors (Lipinski definition) is 2. The van der Waals surface area contributed by atoms with Gasteiger partial charge in [-0.1, -0.05) is 78.3 Å². The first-order valence-electron chi connectivity index (χ1n) is 13.7. The SMILES string of the molecule is COC(=O)[C@H](Cc1ccc(OCCNC(=O)CCc2cccc(Cl)c2)cc1)Nc1ccccc1C(=O)c1ccccc1. The van der Waals surface area contributed by atoms with Crippen molar-refractivity contribution in [2.75, 3.05) is 25.6 Å². The number of amides is 1. The Hall–Kier alpha value is -4.62. The first kappa shape index (κ1) is 30.3. The summed E-state index contributed by atoms with van der Waals surface area (Å²) in [5.74, 6) is 0.0140. The zero-order valence-corrected chi connectivity index (χ0v) is 24.1. The third-order valence-electron chi connectivity index (χ3n) is 6.61. The zero-order chi connectivity index (χ0) is 29.7. The highest BCUT2D eigenvalue weighted by Crippen LogP contribution is 2.22. The average Bonchev–Trinajstić information content (AvgIpc) is 3.02. The van der Waals surface area contributed by atoms with Crippen LogP contribution in [-0.4, -0.2) is 44.0 Å². The monoisotopic (exact) mass is 584 g/mol. The van der Waals surface area contributed by atoms with E-state index in [0.717, 1.165) is 11.1 Å². The number of benzene rings is 4. The standard InChI is InChI=1S/C34H33ClN2O5/c1-41-34(40)31(37-30-13-6-5-12-29(30)33(39)26-9-3-2-4-10-26)23-25-14-17-28(18-15-25)42-21-20-36-32(38)19-16-24-8-7-11-27(35)22-24/h2-15,17-18,22,31,37H,16,19-21,23H2,1H3,(H,36,38)/t31-/m0/s1. The summed E-state index contributed by atoms with van der Waals surface area (Å²) in [5, 5.41) is 6.73. The number of carbonyl (C=O) groups is 3. The van der Waals surface area contributed by atoms with Gasteiger partial charge in [0, 0.05) is 34.7 Å². The number of anilines is 1. The van der Waals surface area contributed by atoms with E-state index in [-0.39, 0.29) is 11.7 Å². The number of esters is 1. The van der Waals surface area contributed by atoms with E-state index < -0.39 is 12.0 Å². The van der Waals surface area contributed by atoms with Gasteiger partial charge in [0.2, 0.25) is 5.91 Å². The Labute approximate surface area is 250 Å². The predicted molar refractivity (Wildman–Crippen MR) is 164 cm³/mol. The Morgan fingerprint density at radius 3 is 2.31 bits per heavy atom. The number of aryl methyl sites for hydroxylation is 1. The molecule has 1 atom stereocenters. The fourth-order valence-electron chi connectivity index (χ4n) is 4.43. The van der Waals surface area contributed by atoms with Gasteiger partial charge in [-0.2, -0.15) is 0 Å². The molecule has 4 aromatic carbocycles. The molecule has 0 saturated carbocycles. The number of para-hydroxylation sites is 1. The van der Waals surface area contributed by atoms with Gasteiger partial charge in [0.1, 0.15) is 18.4 Å². The van der Waals surface area contributed by atoms with Gasteiger partial charge in [-0.05, 0) is 53.9 Å². The Balaban J connectivity index is 1.29. The lowest BCUT2D eigenvalue weighted by atomic mass is 10.00. The Morgan fingerprint density at radius 2 is 1.57 bits per heavy atom. The minimum Gasteiger partial charge on any atom is -0.492 e. The largest absolute Gasteiger partial charge is 0.492 e. The molecule has 0 fully saturated rings. The van der Waals surface area contributed by atoms with E-state index >= 15 is 0 Å². The molecule has 8 heteroatoms. The van der Waals surface area contributed by atoms with Gasteiger partial charge in [0.15, 0.2) is 5.78 Å². The summed E-state index contributed by atoms with van der Waals surface area (Å²) in [6.45, 7) is 0.701. The molecule has 2 N–H and O–H groups in total.